The molecule has 0 bridgehead atoms. The zero-order chi connectivity index (χ0) is 15.5. The molecule has 0 unspecified atom stereocenters. The second-order valence-corrected chi connectivity index (χ2v) is 5.65. The molecule has 0 saturated carbocycles. The van der Waals surface area contributed by atoms with E-state index in [0.717, 1.165) is 34.2 Å². The molecule has 0 fully saturated rings. The van der Waals surface area contributed by atoms with E-state index in [1.54, 1.807) is 25.2 Å². The number of hydrogen-bond acceptors (Lipinski definition) is 6. The monoisotopic (exact) mass is 315 g/mol. The van der Waals surface area contributed by atoms with Gasteiger partial charge < -0.3 is 9.64 Å². The summed E-state index contributed by atoms with van der Waals surface area (Å²) in [6, 6.07) is 8.03. The van der Waals surface area contributed by atoms with Crippen LogP contribution < -0.4 is 9.64 Å². The number of nitrogens with zero attached hydrogens (tertiary/aromatic N) is 4. The molecule has 1 aromatic carbocycles. The summed E-state index contributed by atoms with van der Waals surface area (Å²) in [6.07, 6.45) is 3.56. The zero-order valence-electron chi connectivity index (χ0n) is 12.7. The van der Waals surface area contributed by atoms with Crippen molar-refractivity contribution in [3.63, 3.8) is 0 Å². The Morgan fingerprint density at radius 3 is 2.68 bits per heavy atom. The fraction of sp³-hybridized carbons (Fsp3) is 0.267. The van der Waals surface area contributed by atoms with Crippen LogP contribution in [0.4, 0.5) is 5.82 Å². The van der Waals surface area contributed by atoms with Crippen molar-refractivity contribution in [1.82, 2.24) is 20.2 Å². The number of benzene rings is 1. The topological polar surface area (TPSA) is 66.9 Å². The predicted octanol–water partition coefficient (Wildman–Crippen LogP) is 2.72. The van der Waals surface area contributed by atoms with Crippen molar-refractivity contribution in [3.8, 4) is 5.75 Å². The Bertz CT molecular complexity index is 771. The molecule has 7 heteroatoms. The molecule has 22 heavy (non-hydrogen) atoms. The maximum absolute atomic E-state index is 5.19. The van der Waals surface area contributed by atoms with Crippen molar-refractivity contribution >= 4 is 28.6 Å². The summed E-state index contributed by atoms with van der Waals surface area (Å²) in [5.74, 6) is 1.73. The standard InChI is InChI=1S/C15H17N5OS/c1-20(8-10-4-6-11(21-2)7-5-10)14-12-13(16-9-17-14)18-19-15(12)22-3/h4-7,9H,8H2,1-3H3,(H,16,17,18,19). The lowest BCUT2D eigenvalue weighted by molar-refractivity contribution is 0.414. The number of H-pyrrole nitrogens is 1. The highest BCUT2D eigenvalue weighted by Gasteiger charge is 2.15. The number of hydrogen-bond donors (Lipinski definition) is 1. The van der Waals surface area contributed by atoms with E-state index in [1.807, 2.05) is 25.4 Å². The average molecular weight is 315 g/mol. The normalized spacial score (nSPS) is 10.9. The van der Waals surface area contributed by atoms with Crippen molar-refractivity contribution in [3.05, 3.63) is 36.2 Å². The molecule has 0 saturated heterocycles. The lowest BCUT2D eigenvalue weighted by Crippen LogP contribution is -2.18. The summed E-state index contributed by atoms with van der Waals surface area (Å²) < 4.78 is 5.19. The van der Waals surface area contributed by atoms with Crippen LogP contribution in [0.2, 0.25) is 0 Å². The number of ether oxygens (including phenoxy) is 1. The van der Waals surface area contributed by atoms with Crippen LogP contribution in [-0.2, 0) is 6.54 Å². The number of nitrogens with one attached hydrogen (secondary N) is 1. The summed E-state index contributed by atoms with van der Waals surface area (Å²) in [7, 11) is 3.69. The Morgan fingerprint density at radius 1 is 1.23 bits per heavy atom. The Labute approximate surface area is 132 Å². The lowest BCUT2D eigenvalue weighted by atomic mass is 10.2. The maximum atomic E-state index is 5.19. The fourth-order valence-electron chi connectivity index (χ4n) is 2.33. The van der Waals surface area contributed by atoms with E-state index in [2.05, 4.69) is 37.2 Å². The molecule has 0 aliphatic heterocycles. The molecule has 2 heterocycles. The minimum atomic E-state index is 0.745. The summed E-state index contributed by atoms with van der Waals surface area (Å²) in [6.45, 7) is 0.745. The van der Waals surface area contributed by atoms with Crippen LogP contribution in [0.15, 0.2) is 35.6 Å². The Balaban J connectivity index is 1.91. The third-order valence-electron chi connectivity index (χ3n) is 3.44. The van der Waals surface area contributed by atoms with Gasteiger partial charge in [0.25, 0.3) is 0 Å². The van der Waals surface area contributed by atoms with E-state index in [9.17, 15) is 0 Å². The van der Waals surface area contributed by atoms with Gasteiger partial charge in [0.1, 0.15) is 22.9 Å². The van der Waals surface area contributed by atoms with E-state index >= 15 is 0 Å². The summed E-state index contributed by atoms with van der Waals surface area (Å²) in [5, 5.41) is 9.10. The molecule has 0 spiro atoms. The number of aromatic amines is 1. The van der Waals surface area contributed by atoms with Crippen LogP contribution in [0.1, 0.15) is 5.56 Å². The van der Waals surface area contributed by atoms with Crippen LogP contribution in [0.5, 0.6) is 5.75 Å². The van der Waals surface area contributed by atoms with Crippen molar-refractivity contribution in [1.29, 1.82) is 0 Å². The van der Waals surface area contributed by atoms with E-state index in [1.165, 1.54) is 5.56 Å². The molecule has 3 rings (SSSR count). The largest absolute Gasteiger partial charge is 0.497 e. The second kappa shape index (κ2) is 6.23. The van der Waals surface area contributed by atoms with Gasteiger partial charge in [-0.2, -0.15) is 5.10 Å². The van der Waals surface area contributed by atoms with E-state index < -0.39 is 0 Å². The number of thioether (sulfide) groups is 1. The first-order valence-corrected chi connectivity index (χ1v) is 8.02. The Hall–Kier alpha value is -2.28. The van der Waals surface area contributed by atoms with Crippen molar-refractivity contribution in [2.75, 3.05) is 25.3 Å². The van der Waals surface area contributed by atoms with Crippen molar-refractivity contribution in [2.24, 2.45) is 0 Å². The second-order valence-electron chi connectivity index (χ2n) is 4.86. The first kappa shape index (κ1) is 14.6. The molecule has 114 valence electrons. The van der Waals surface area contributed by atoms with Crippen LogP contribution in [-0.4, -0.2) is 40.6 Å². The molecular formula is C15H17N5OS. The molecule has 3 aromatic rings. The maximum Gasteiger partial charge on any atom is 0.161 e. The summed E-state index contributed by atoms with van der Waals surface area (Å²) >= 11 is 1.58. The minimum absolute atomic E-state index is 0.745. The number of anilines is 1. The first-order chi connectivity index (χ1) is 10.7. The molecule has 0 amide bonds. The zero-order valence-corrected chi connectivity index (χ0v) is 13.5. The number of aromatic nitrogens is 4. The van der Waals surface area contributed by atoms with Gasteiger partial charge in [-0.05, 0) is 24.0 Å². The molecule has 1 N–H and O–H groups in total. The van der Waals surface area contributed by atoms with E-state index in [-0.39, 0.29) is 0 Å². The number of rotatable bonds is 5. The first-order valence-electron chi connectivity index (χ1n) is 6.80. The van der Waals surface area contributed by atoms with Gasteiger partial charge in [-0.25, -0.2) is 9.97 Å². The smallest absolute Gasteiger partial charge is 0.161 e. The summed E-state index contributed by atoms with van der Waals surface area (Å²) in [4.78, 5) is 10.8. The highest BCUT2D eigenvalue weighted by Crippen LogP contribution is 2.30. The van der Waals surface area contributed by atoms with Gasteiger partial charge in [0, 0.05) is 13.6 Å². The van der Waals surface area contributed by atoms with E-state index in [4.69, 9.17) is 4.74 Å². The molecule has 0 radical (unpaired) electrons. The molecule has 0 atom stereocenters. The third-order valence-corrected chi connectivity index (χ3v) is 4.12. The quantitative estimate of drug-likeness (QED) is 0.730. The van der Waals surface area contributed by atoms with Crippen LogP contribution in [0.3, 0.4) is 0 Å². The van der Waals surface area contributed by atoms with Crippen LogP contribution in [0.25, 0.3) is 11.0 Å². The highest BCUT2D eigenvalue weighted by molar-refractivity contribution is 7.98. The van der Waals surface area contributed by atoms with Crippen molar-refractivity contribution in [2.45, 2.75) is 11.6 Å². The van der Waals surface area contributed by atoms with Gasteiger partial charge in [0.15, 0.2) is 5.65 Å². The predicted molar refractivity (Wildman–Crippen MR) is 88.6 cm³/mol. The van der Waals surface area contributed by atoms with Crippen molar-refractivity contribution < 1.29 is 4.74 Å². The molecule has 6 nitrogen and oxygen atoms in total. The minimum Gasteiger partial charge on any atom is -0.497 e. The number of fused-ring (bicyclic) bond motifs is 1. The Kier molecular flexibility index (Phi) is 4.15. The molecular weight excluding hydrogens is 298 g/mol. The van der Waals surface area contributed by atoms with Gasteiger partial charge in [0.05, 0.1) is 12.5 Å². The lowest BCUT2D eigenvalue weighted by Gasteiger charge is -2.19. The number of methoxy groups -OCH3 is 1. The van der Waals surface area contributed by atoms with Crippen LogP contribution in [0, 0.1) is 0 Å². The highest BCUT2D eigenvalue weighted by atomic mass is 32.2. The third kappa shape index (κ3) is 2.71. The molecule has 0 aliphatic rings. The van der Waals surface area contributed by atoms with Gasteiger partial charge in [0.2, 0.25) is 0 Å². The average Bonchev–Trinajstić information content (AvgIpc) is 2.98. The van der Waals surface area contributed by atoms with E-state index in [0.29, 0.717) is 0 Å². The molecule has 2 aromatic heterocycles. The fourth-order valence-corrected chi connectivity index (χ4v) is 2.86. The van der Waals surface area contributed by atoms with Gasteiger partial charge in [-0.15, -0.1) is 11.8 Å². The molecule has 0 aliphatic carbocycles. The van der Waals surface area contributed by atoms with Gasteiger partial charge in [-0.3, -0.25) is 5.10 Å². The van der Waals surface area contributed by atoms with Crippen LogP contribution >= 0.6 is 11.8 Å². The van der Waals surface area contributed by atoms with Gasteiger partial charge in [-0.1, -0.05) is 12.1 Å². The van der Waals surface area contributed by atoms with Gasteiger partial charge >= 0.3 is 0 Å². The Morgan fingerprint density at radius 2 is 2.00 bits per heavy atom. The SMILES string of the molecule is COc1ccc(CN(C)c2ncnc3[nH]nc(SC)c23)cc1. The summed E-state index contributed by atoms with van der Waals surface area (Å²) in [5.41, 5.74) is 1.94.